The molecule has 2 aromatic rings. The van der Waals surface area contributed by atoms with E-state index in [1.165, 1.54) is 11.1 Å². The highest BCUT2D eigenvalue weighted by atomic mass is 16.5. The van der Waals surface area contributed by atoms with Gasteiger partial charge in [-0.1, -0.05) is 41.9 Å². The zero-order valence-corrected chi connectivity index (χ0v) is 14.5. The molecule has 5 heteroatoms. The van der Waals surface area contributed by atoms with Crippen molar-refractivity contribution in [3.8, 4) is 0 Å². The number of aryl methyl sites for hydroxylation is 3. The van der Waals surface area contributed by atoms with Gasteiger partial charge in [0.15, 0.2) is 0 Å². The SMILES string of the molecule is CCc1noc(C)c1C(=O)NC[C@@H](c1ccc(C)cc1)N(C)C. The molecule has 23 heavy (non-hydrogen) atoms. The van der Waals surface area contributed by atoms with Crippen LogP contribution < -0.4 is 5.32 Å². The molecule has 2 rings (SSSR count). The lowest BCUT2D eigenvalue weighted by molar-refractivity contribution is 0.0939. The van der Waals surface area contributed by atoms with Crippen molar-refractivity contribution in [2.24, 2.45) is 0 Å². The Morgan fingerprint density at radius 2 is 1.91 bits per heavy atom. The second-order valence-electron chi connectivity index (χ2n) is 6.01. The van der Waals surface area contributed by atoms with Crippen molar-refractivity contribution in [2.45, 2.75) is 33.2 Å². The maximum Gasteiger partial charge on any atom is 0.256 e. The Morgan fingerprint density at radius 1 is 1.26 bits per heavy atom. The van der Waals surface area contributed by atoms with E-state index in [4.69, 9.17) is 4.52 Å². The quantitative estimate of drug-likeness (QED) is 0.890. The van der Waals surface area contributed by atoms with Crippen LogP contribution in [-0.2, 0) is 6.42 Å². The molecule has 1 atom stereocenters. The largest absolute Gasteiger partial charge is 0.361 e. The van der Waals surface area contributed by atoms with Gasteiger partial charge in [-0.25, -0.2) is 0 Å². The first-order chi connectivity index (χ1) is 10.9. The molecule has 1 amide bonds. The third-order valence-electron chi connectivity index (χ3n) is 4.04. The molecule has 0 spiro atoms. The van der Waals surface area contributed by atoms with Crippen LogP contribution in [0.25, 0.3) is 0 Å². The maximum absolute atomic E-state index is 12.5. The molecule has 0 aliphatic heterocycles. The maximum atomic E-state index is 12.5. The van der Waals surface area contributed by atoms with Crippen molar-refractivity contribution in [1.29, 1.82) is 0 Å². The van der Waals surface area contributed by atoms with E-state index in [-0.39, 0.29) is 11.9 Å². The van der Waals surface area contributed by atoms with Gasteiger partial charge in [0.2, 0.25) is 0 Å². The van der Waals surface area contributed by atoms with E-state index >= 15 is 0 Å². The first-order valence-electron chi connectivity index (χ1n) is 7.90. The van der Waals surface area contributed by atoms with Crippen LogP contribution in [0.4, 0.5) is 0 Å². The van der Waals surface area contributed by atoms with Crippen LogP contribution in [0.15, 0.2) is 28.8 Å². The lowest BCUT2D eigenvalue weighted by Gasteiger charge is -2.25. The fraction of sp³-hybridized carbons (Fsp3) is 0.444. The first-order valence-corrected chi connectivity index (χ1v) is 7.90. The topological polar surface area (TPSA) is 58.4 Å². The van der Waals surface area contributed by atoms with Crippen LogP contribution in [0.3, 0.4) is 0 Å². The summed E-state index contributed by atoms with van der Waals surface area (Å²) in [6.07, 6.45) is 0.676. The summed E-state index contributed by atoms with van der Waals surface area (Å²) < 4.78 is 5.14. The van der Waals surface area contributed by atoms with Gasteiger partial charge in [0, 0.05) is 6.54 Å². The molecule has 0 saturated carbocycles. The van der Waals surface area contributed by atoms with E-state index in [0.717, 1.165) is 0 Å². The number of likely N-dealkylation sites (N-methyl/N-ethyl adjacent to an activating group) is 1. The highest BCUT2D eigenvalue weighted by Crippen LogP contribution is 2.19. The molecule has 0 bridgehead atoms. The van der Waals surface area contributed by atoms with E-state index < -0.39 is 0 Å². The highest BCUT2D eigenvalue weighted by Gasteiger charge is 2.21. The second-order valence-corrected chi connectivity index (χ2v) is 6.01. The predicted molar refractivity (Wildman–Crippen MR) is 90.6 cm³/mol. The van der Waals surface area contributed by atoms with Gasteiger partial charge in [0.1, 0.15) is 11.3 Å². The van der Waals surface area contributed by atoms with Gasteiger partial charge in [-0.2, -0.15) is 0 Å². The second kappa shape index (κ2) is 7.42. The van der Waals surface area contributed by atoms with Gasteiger partial charge < -0.3 is 14.7 Å². The van der Waals surface area contributed by atoms with E-state index in [2.05, 4.69) is 46.6 Å². The minimum absolute atomic E-state index is 0.116. The fourth-order valence-electron chi connectivity index (χ4n) is 2.62. The third kappa shape index (κ3) is 3.99. The minimum Gasteiger partial charge on any atom is -0.361 e. The Morgan fingerprint density at radius 3 is 2.48 bits per heavy atom. The number of aromatic nitrogens is 1. The molecule has 124 valence electrons. The average molecular weight is 315 g/mol. The molecular weight excluding hydrogens is 290 g/mol. The number of hydrogen-bond donors (Lipinski definition) is 1. The van der Waals surface area contributed by atoms with Crippen LogP contribution in [0, 0.1) is 13.8 Å². The van der Waals surface area contributed by atoms with Crippen LogP contribution >= 0.6 is 0 Å². The Hall–Kier alpha value is -2.14. The van der Waals surface area contributed by atoms with Crippen LogP contribution in [0.1, 0.15) is 45.9 Å². The van der Waals surface area contributed by atoms with E-state index in [9.17, 15) is 4.79 Å². The summed E-state index contributed by atoms with van der Waals surface area (Å²) >= 11 is 0. The van der Waals surface area contributed by atoms with Crippen molar-refractivity contribution >= 4 is 5.91 Å². The number of carbonyl (C=O) groups is 1. The smallest absolute Gasteiger partial charge is 0.256 e. The van der Waals surface area contributed by atoms with Gasteiger partial charge in [-0.3, -0.25) is 4.79 Å². The number of hydrogen-bond acceptors (Lipinski definition) is 4. The fourth-order valence-corrected chi connectivity index (χ4v) is 2.62. The molecular formula is C18H25N3O2. The molecule has 0 aliphatic rings. The van der Waals surface area contributed by atoms with Crippen molar-refractivity contribution in [3.05, 3.63) is 52.4 Å². The van der Waals surface area contributed by atoms with E-state index in [1.807, 2.05) is 21.0 Å². The van der Waals surface area contributed by atoms with Crippen molar-refractivity contribution in [1.82, 2.24) is 15.4 Å². The standard InChI is InChI=1S/C18H25N3O2/c1-6-15-17(13(3)23-20-15)18(22)19-11-16(21(4)5)14-9-7-12(2)8-10-14/h7-10,16H,6,11H2,1-5H3,(H,19,22)/t16-/m0/s1. The third-order valence-corrected chi connectivity index (χ3v) is 4.04. The highest BCUT2D eigenvalue weighted by molar-refractivity contribution is 5.96. The zero-order valence-electron chi connectivity index (χ0n) is 14.5. The summed E-state index contributed by atoms with van der Waals surface area (Å²) in [4.78, 5) is 14.6. The number of amides is 1. The summed E-state index contributed by atoms with van der Waals surface area (Å²) in [6, 6.07) is 8.51. The van der Waals surface area contributed by atoms with Crippen LogP contribution in [0.5, 0.6) is 0 Å². The summed E-state index contributed by atoms with van der Waals surface area (Å²) in [5.41, 5.74) is 3.67. The van der Waals surface area contributed by atoms with Crippen molar-refractivity contribution in [3.63, 3.8) is 0 Å². The van der Waals surface area contributed by atoms with Gasteiger partial charge in [0.25, 0.3) is 5.91 Å². The summed E-state index contributed by atoms with van der Waals surface area (Å²) in [7, 11) is 4.03. The zero-order chi connectivity index (χ0) is 17.0. The molecule has 0 aliphatic carbocycles. The molecule has 0 unspecified atom stereocenters. The lowest BCUT2D eigenvalue weighted by Crippen LogP contribution is -2.35. The predicted octanol–water partition coefficient (Wildman–Crippen LogP) is 2.89. The molecule has 1 N–H and O–H groups in total. The minimum atomic E-state index is -0.125. The van der Waals surface area contributed by atoms with E-state index in [0.29, 0.717) is 30.0 Å². The Labute approximate surface area is 137 Å². The summed E-state index contributed by atoms with van der Waals surface area (Å²) in [5.74, 6) is 0.440. The number of nitrogens with one attached hydrogen (secondary N) is 1. The van der Waals surface area contributed by atoms with Crippen LogP contribution in [-0.4, -0.2) is 36.6 Å². The first kappa shape index (κ1) is 17.2. The molecule has 1 aromatic heterocycles. The molecule has 5 nitrogen and oxygen atoms in total. The number of benzene rings is 1. The molecule has 0 radical (unpaired) electrons. The number of nitrogens with zero attached hydrogens (tertiary/aromatic N) is 2. The number of carbonyl (C=O) groups excluding carboxylic acids is 1. The normalized spacial score (nSPS) is 12.4. The average Bonchev–Trinajstić information content (AvgIpc) is 2.89. The summed E-state index contributed by atoms with van der Waals surface area (Å²) in [5, 5.41) is 6.95. The number of rotatable bonds is 6. The monoisotopic (exact) mass is 315 g/mol. The van der Waals surface area contributed by atoms with Crippen molar-refractivity contribution in [2.75, 3.05) is 20.6 Å². The Bertz CT molecular complexity index is 659. The lowest BCUT2D eigenvalue weighted by atomic mass is 10.0. The Balaban J connectivity index is 2.11. The van der Waals surface area contributed by atoms with Gasteiger partial charge in [-0.05, 0) is 39.9 Å². The van der Waals surface area contributed by atoms with Gasteiger partial charge in [0.05, 0.1) is 11.7 Å². The molecule has 0 saturated heterocycles. The van der Waals surface area contributed by atoms with Crippen LogP contribution in [0.2, 0.25) is 0 Å². The molecule has 0 fully saturated rings. The molecule has 1 aromatic carbocycles. The van der Waals surface area contributed by atoms with Crippen molar-refractivity contribution < 1.29 is 9.32 Å². The van der Waals surface area contributed by atoms with Gasteiger partial charge >= 0.3 is 0 Å². The molecule has 1 heterocycles. The Kier molecular flexibility index (Phi) is 5.55. The summed E-state index contributed by atoms with van der Waals surface area (Å²) in [6.45, 7) is 6.33. The van der Waals surface area contributed by atoms with E-state index in [1.54, 1.807) is 6.92 Å². The van der Waals surface area contributed by atoms with Gasteiger partial charge in [-0.15, -0.1) is 0 Å².